The number of ether oxygens (including phenoxy) is 1. The second kappa shape index (κ2) is 6.06. The summed E-state index contributed by atoms with van der Waals surface area (Å²) in [6.45, 7) is 1.73. The van der Waals surface area contributed by atoms with Gasteiger partial charge in [0.15, 0.2) is 0 Å². The predicted molar refractivity (Wildman–Crippen MR) is 82.1 cm³/mol. The number of fused-ring (bicyclic) bond motifs is 1. The van der Waals surface area contributed by atoms with Gasteiger partial charge in [-0.25, -0.2) is 0 Å². The van der Waals surface area contributed by atoms with Crippen molar-refractivity contribution in [3.8, 4) is 5.75 Å². The molecule has 3 unspecified atom stereocenters. The average molecular weight is 288 g/mol. The van der Waals surface area contributed by atoms with E-state index >= 15 is 0 Å². The fraction of sp³-hybridized carbons (Fsp3) is 0.588. The molecule has 2 aliphatic rings. The quantitative estimate of drug-likeness (QED) is 0.923. The predicted octanol–water partition coefficient (Wildman–Crippen LogP) is 1.82. The topological polar surface area (TPSA) is 55.6 Å². The number of likely N-dealkylation sites (tertiary alicyclic amines) is 1. The lowest BCUT2D eigenvalue weighted by Gasteiger charge is -2.29. The van der Waals surface area contributed by atoms with E-state index in [-0.39, 0.29) is 11.9 Å². The molecule has 2 fully saturated rings. The Labute approximate surface area is 126 Å². The van der Waals surface area contributed by atoms with Crippen molar-refractivity contribution in [2.75, 3.05) is 20.2 Å². The first-order valence-corrected chi connectivity index (χ1v) is 7.83. The zero-order chi connectivity index (χ0) is 14.8. The Hall–Kier alpha value is -1.55. The molecule has 0 aromatic heterocycles. The molecular weight excluding hydrogens is 264 g/mol. The van der Waals surface area contributed by atoms with Gasteiger partial charge < -0.3 is 15.4 Å². The summed E-state index contributed by atoms with van der Waals surface area (Å²) in [5.74, 6) is 2.14. The second-order valence-corrected chi connectivity index (χ2v) is 6.35. The number of nitrogens with zero attached hydrogens (tertiary/aromatic N) is 1. The van der Waals surface area contributed by atoms with Crippen molar-refractivity contribution in [3.63, 3.8) is 0 Å². The molecule has 3 atom stereocenters. The Morgan fingerprint density at radius 3 is 3.00 bits per heavy atom. The van der Waals surface area contributed by atoms with Gasteiger partial charge in [-0.15, -0.1) is 0 Å². The van der Waals surface area contributed by atoms with E-state index in [1.165, 1.54) is 12.8 Å². The van der Waals surface area contributed by atoms with Gasteiger partial charge in [-0.05, 0) is 42.4 Å². The van der Waals surface area contributed by atoms with Crippen molar-refractivity contribution in [3.05, 3.63) is 29.8 Å². The van der Waals surface area contributed by atoms with Crippen LogP contribution in [0.25, 0.3) is 0 Å². The minimum atomic E-state index is 0.213. The van der Waals surface area contributed by atoms with Crippen LogP contribution in [-0.4, -0.2) is 37.0 Å². The number of carbonyl (C=O) groups is 1. The molecule has 1 saturated carbocycles. The fourth-order valence-corrected chi connectivity index (χ4v) is 3.79. The molecule has 1 amide bonds. The minimum Gasteiger partial charge on any atom is -0.497 e. The number of amides is 1. The van der Waals surface area contributed by atoms with E-state index in [4.69, 9.17) is 10.5 Å². The molecule has 4 nitrogen and oxygen atoms in total. The van der Waals surface area contributed by atoms with E-state index in [0.29, 0.717) is 18.3 Å². The maximum Gasteiger partial charge on any atom is 0.227 e. The summed E-state index contributed by atoms with van der Waals surface area (Å²) in [5, 5.41) is 0. The molecule has 114 valence electrons. The maximum absolute atomic E-state index is 12.5. The number of rotatable bonds is 3. The summed E-state index contributed by atoms with van der Waals surface area (Å²) in [4.78, 5) is 14.5. The standard InChI is InChI=1S/C17H24N2O2/c1-21-14-6-2-4-12(8-14)9-17(20)19-10-13-5-3-7-16(18)15(13)11-19/h2,4,6,8,13,15-16H,3,5,7,9-11,18H2,1H3. The van der Waals surface area contributed by atoms with Gasteiger partial charge in [-0.1, -0.05) is 18.6 Å². The van der Waals surface area contributed by atoms with Gasteiger partial charge in [0.1, 0.15) is 5.75 Å². The van der Waals surface area contributed by atoms with Gasteiger partial charge in [0.05, 0.1) is 13.5 Å². The van der Waals surface area contributed by atoms with Crippen LogP contribution in [0.4, 0.5) is 0 Å². The summed E-state index contributed by atoms with van der Waals surface area (Å²) < 4.78 is 5.21. The third-order valence-corrected chi connectivity index (χ3v) is 5.00. The molecule has 1 aliphatic heterocycles. The second-order valence-electron chi connectivity index (χ2n) is 6.35. The van der Waals surface area contributed by atoms with Crippen LogP contribution in [0.15, 0.2) is 24.3 Å². The molecule has 0 spiro atoms. The van der Waals surface area contributed by atoms with E-state index in [1.54, 1.807) is 7.11 Å². The number of hydrogen-bond acceptors (Lipinski definition) is 3. The van der Waals surface area contributed by atoms with Gasteiger partial charge in [0, 0.05) is 19.1 Å². The van der Waals surface area contributed by atoms with Crippen LogP contribution in [0.2, 0.25) is 0 Å². The summed E-state index contributed by atoms with van der Waals surface area (Å²) in [5.41, 5.74) is 7.23. The van der Waals surface area contributed by atoms with Crippen molar-refractivity contribution >= 4 is 5.91 Å². The first-order chi connectivity index (χ1) is 10.2. The SMILES string of the molecule is COc1cccc(CC(=O)N2CC3CCCC(N)C3C2)c1. The molecule has 1 heterocycles. The van der Waals surface area contributed by atoms with Crippen LogP contribution in [0.3, 0.4) is 0 Å². The van der Waals surface area contributed by atoms with Gasteiger partial charge in [0.2, 0.25) is 5.91 Å². The lowest BCUT2D eigenvalue weighted by molar-refractivity contribution is -0.129. The molecule has 4 heteroatoms. The van der Waals surface area contributed by atoms with Crippen molar-refractivity contribution in [2.24, 2.45) is 17.6 Å². The molecule has 2 N–H and O–H groups in total. The highest BCUT2D eigenvalue weighted by molar-refractivity contribution is 5.79. The molecule has 0 bridgehead atoms. The number of benzene rings is 1. The van der Waals surface area contributed by atoms with Gasteiger partial charge in [-0.2, -0.15) is 0 Å². The van der Waals surface area contributed by atoms with Crippen molar-refractivity contribution in [1.82, 2.24) is 4.90 Å². The van der Waals surface area contributed by atoms with Gasteiger partial charge >= 0.3 is 0 Å². The maximum atomic E-state index is 12.5. The smallest absolute Gasteiger partial charge is 0.227 e. The van der Waals surface area contributed by atoms with Crippen LogP contribution in [0, 0.1) is 11.8 Å². The average Bonchev–Trinajstić information content (AvgIpc) is 2.93. The summed E-state index contributed by atoms with van der Waals surface area (Å²) in [6.07, 6.45) is 3.99. The van der Waals surface area contributed by atoms with Crippen molar-refractivity contribution in [1.29, 1.82) is 0 Å². The first kappa shape index (κ1) is 14.4. The number of methoxy groups -OCH3 is 1. The molecule has 3 rings (SSSR count). The summed E-state index contributed by atoms with van der Waals surface area (Å²) >= 11 is 0. The van der Waals surface area contributed by atoms with E-state index in [1.807, 2.05) is 29.2 Å². The third kappa shape index (κ3) is 3.05. The summed E-state index contributed by atoms with van der Waals surface area (Å²) in [6, 6.07) is 8.03. The summed E-state index contributed by atoms with van der Waals surface area (Å²) in [7, 11) is 1.65. The van der Waals surface area contributed by atoms with Crippen LogP contribution in [-0.2, 0) is 11.2 Å². The zero-order valence-corrected chi connectivity index (χ0v) is 12.6. The molecule has 1 aliphatic carbocycles. The van der Waals surface area contributed by atoms with Crippen LogP contribution < -0.4 is 10.5 Å². The molecule has 1 aromatic carbocycles. The third-order valence-electron chi connectivity index (χ3n) is 5.00. The Kier molecular flexibility index (Phi) is 4.15. The Balaban J connectivity index is 1.63. The van der Waals surface area contributed by atoms with Gasteiger partial charge in [-0.3, -0.25) is 4.79 Å². The van der Waals surface area contributed by atoms with Crippen molar-refractivity contribution in [2.45, 2.75) is 31.7 Å². The van der Waals surface area contributed by atoms with Gasteiger partial charge in [0.25, 0.3) is 0 Å². The Bertz CT molecular complexity index is 517. The highest BCUT2D eigenvalue weighted by Gasteiger charge is 2.40. The molecule has 1 saturated heterocycles. The number of hydrogen-bond donors (Lipinski definition) is 1. The van der Waals surface area contributed by atoms with Crippen LogP contribution in [0.1, 0.15) is 24.8 Å². The highest BCUT2D eigenvalue weighted by Crippen LogP contribution is 2.35. The largest absolute Gasteiger partial charge is 0.497 e. The van der Waals surface area contributed by atoms with Crippen molar-refractivity contribution < 1.29 is 9.53 Å². The highest BCUT2D eigenvalue weighted by atomic mass is 16.5. The van der Waals surface area contributed by atoms with Crippen LogP contribution >= 0.6 is 0 Å². The lowest BCUT2D eigenvalue weighted by atomic mass is 9.78. The monoisotopic (exact) mass is 288 g/mol. The molecule has 21 heavy (non-hydrogen) atoms. The normalized spacial score (nSPS) is 28.3. The lowest BCUT2D eigenvalue weighted by Crippen LogP contribution is -2.38. The Morgan fingerprint density at radius 2 is 2.24 bits per heavy atom. The van der Waals surface area contributed by atoms with Crippen LogP contribution in [0.5, 0.6) is 5.75 Å². The number of carbonyl (C=O) groups excluding carboxylic acids is 1. The molecular formula is C17H24N2O2. The Morgan fingerprint density at radius 1 is 1.38 bits per heavy atom. The first-order valence-electron chi connectivity index (χ1n) is 7.83. The zero-order valence-electron chi connectivity index (χ0n) is 12.6. The van der Waals surface area contributed by atoms with E-state index in [9.17, 15) is 4.79 Å². The fourth-order valence-electron chi connectivity index (χ4n) is 3.79. The van der Waals surface area contributed by atoms with E-state index in [0.717, 1.165) is 30.8 Å². The minimum absolute atomic E-state index is 0.213. The number of nitrogens with two attached hydrogens (primary N) is 1. The molecule has 0 radical (unpaired) electrons. The van der Waals surface area contributed by atoms with E-state index in [2.05, 4.69) is 0 Å². The molecule has 1 aromatic rings. The van der Waals surface area contributed by atoms with E-state index < -0.39 is 0 Å².